The van der Waals surface area contributed by atoms with Gasteiger partial charge in [0.1, 0.15) is 0 Å². The van der Waals surface area contributed by atoms with Crippen molar-refractivity contribution >= 4 is 5.78 Å². The standard InChI is InChI=1S/C16H22O/c1-13-6-5-7-14(12-13)10-11-16(17)15-8-3-2-4-9-15/h2-4,8-9,13-14H,5-7,10-12H2,1H3. The van der Waals surface area contributed by atoms with Gasteiger partial charge in [0.15, 0.2) is 5.78 Å². The molecule has 2 rings (SSSR count). The van der Waals surface area contributed by atoms with E-state index in [1.807, 2.05) is 30.3 Å². The van der Waals surface area contributed by atoms with Crippen LogP contribution in [-0.2, 0) is 0 Å². The molecule has 1 aliphatic rings. The van der Waals surface area contributed by atoms with E-state index >= 15 is 0 Å². The van der Waals surface area contributed by atoms with Crippen LogP contribution >= 0.6 is 0 Å². The second-order valence-corrected chi connectivity index (χ2v) is 5.47. The third kappa shape index (κ3) is 3.69. The summed E-state index contributed by atoms with van der Waals surface area (Å²) in [5.74, 6) is 1.95. The van der Waals surface area contributed by atoms with Crippen LogP contribution in [0.1, 0.15) is 55.8 Å². The van der Waals surface area contributed by atoms with Crippen LogP contribution < -0.4 is 0 Å². The Labute approximate surface area is 104 Å². The second kappa shape index (κ2) is 6.00. The van der Waals surface area contributed by atoms with Crippen molar-refractivity contribution in [2.45, 2.75) is 45.4 Å². The molecule has 1 nitrogen and oxygen atoms in total. The van der Waals surface area contributed by atoms with E-state index in [1.54, 1.807) is 0 Å². The summed E-state index contributed by atoms with van der Waals surface area (Å²) >= 11 is 0. The molecule has 0 radical (unpaired) electrons. The Morgan fingerprint density at radius 3 is 2.71 bits per heavy atom. The number of carbonyl (C=O) groups excluding carboxylic acids is 1. The number of ketones is 1. The van der Waals surface area contributed by atoms with Gasteiger partial charge in [0.05, 0.1) is 0 Å². The van der Waals surface area contributed by atoms with Gasteiger partial charge < -0.3 is 0 Å². The van der Waals surface area contributed by atoms with E-state index in [9.17, 15) is 4.79 Å². The van der Waals surface area contributed by atoms with Crippen LogP contribution in [0, 0.1) is 11.8 Å². The summed E-state index contributed by atoms with van der Waals surface area (Å²) in [5, 5.41) is 0. The molecule has 92 valence electrons. The molecule has 1 aliphatic carbocycles. The van der Waals surface area contributed by atoms with Crippen LogP contribution in [0.15, 0.2) is 30.3 Å². The highest BCUT2D eigenvalue weighted by Gasteiger charge is 2.19. The highest BCUT2D eigenvalue weighted by atomic mass is 16.1. The lowest BCUT2D eigenvalue weighted by molar-refractivity contribution is 0.0967. The fourth-order valence-electron chi connectivity index (χ4n) is 2.93. The maximum atomic E-state index is 12.0. The Kier molecular flexibility index (Phi) is 4.36. The smallest absolute Gasteiger partial charge is 0.162 e. The molecular weight excluding hydrogens is 208 g/mol. The van der Waals surface area contributed by atoms with Crippen LogP contribution in [0.3, 0.4) is 0 Å². The molecule has 0 N–H and O–H groups in total. The first-order valence-electron chi connectivity index (χ1n) is 6.84. The molecule has 0 heterocycles. The third-order valence-electron chi connectivity index (χ3n) is 3.92. The first-order chi connectivity index (χ1) is 8.25. The lowest BCUT2D eigenvalue weighted by Crippen LogP contribution is -2.14. The Hall–Kier alpha value is -1.11. The summed E-state index contributed by atoms with van der Waals surface area (Å²) in [4.78, 5) is 12.0. The topological polar surface area (TPSA) is 17.1 Å². The van der Waals surface area contributed by atoms with Gasteiger partial charge in [-0.25, -0.2) is 0 Å². The molecule has 0 amide bonds. The third-order valence-corrected chi connectivity index (χ3v) is 3.92. The van der Waals surface area contributed by atoms with Crippen molar-refractivity contribution in [1.82, 2.24) is 0 Å². The largest absolute Gasteiger partial charge is 0.294 e. The lowest BCUT2D eigenvalue weighted by Gasteiger charge is -2.26. The van der Waals surface area contributed by atoms with E-state index in [0.29, 0.717) is 5.78 Å². The Morgan fingerprint density at radius 1 is 1.24 bits per heavy atom. The van der Waals surface area contributed by atoms with Crippen LogP contribution in [0.5, 0.6) is 0 Å². The number of hydrogen-bond donors (Lipinski definition) is 0. The van der Waals surface area contributed by atoms with Crippen molar-refractivity contribution in [3.05, 3.63) is 35.9 Å². The maximum absolute atomic E-state index is 12.0. The van der Waals surface area contributed by atoms with Gasteiger partial charge in [-0.05, 0) is 24.7 Å². The minimum absolute atomic E-state index is 0.309. The molecule has 0 aromatic heterocycles. The summed E-state index contributed by atoms with van der Waals surface area (Å²) in [6.45, 7) is 2.34. The van der Waals surface area contributed by atoms with E-state index in [1.165, 1.54) is 25.7 Å². The SMILES string of the molecule is CC1CCCC(CCC(=O)c2ccccc2)C1. The average molecular weight is 230 g/mol. The molecular formula is C16H22O. The fourth-order valence-corrected chi connectivity index (χ4v) is 2.93. The molecule has 1 heteroatoms. The van der Waals surface area contributed by atoms with Gasteiger partial charge >= 0.3 is 0 Å². The zero-order chi connectivity index (χ0) is 12.1. The van der Waals surface area contributed by atoms with Crippen molar-refractivity contribution in [2.75, 3.05) is 0 Å². The van der Waals surface area contributed by atoms with E-state index < -0.39 is 0 Å². The predicted octanol–water partition coefficient (Wildman–Crippen LogP) is 4.48. The van der Waals surface area contributed by atoms with Crippen LogP contribution in [-0.4, -0.2) is 5.78 Å². The average Bonchev–Trinajstić information content (AvgIpc) is 2.37. The second-order valence-electron chi connectivity index (χ2n) is 5.47. The molecule has 1 aromatic rings. The van der Waals surface area contributed by atoms with E-state index in [2.05, 4.69) is 6.92 Å². The number of benzene rings is 1. The van der Waals surface area contributed by atoms with E-state index in [-0.39, 0.29) is 0 Å². The van der Waals surface area contributed by atoms with Gasteiger partial charge in [0.2, 0.25) is 0 Å². The zero-order valence-electron chi connectivity index (χ0n) is 10.7. The molecule has 17 heavy (non-hydrogen) atoms. The summed E-state index contributed by atoms with van der Waals surface area (Å²) in [7, 11) is 0. The maximum Gasteiger partial charge on any atom is 0.162 e. The molecule has 1 saturated carbocycles. The van der Waals surface area contributed by atoms with Crippen LogP contribution in [0.4, 0.5) is 0 Å². The Morgan fingerprint density at radius 2 is 2.00 bits per heavy atom. The van der Waals surface area contributed by atoms with Crippen LogP contribution in [0.25, 0.3) is 0 Å². The van der Waals surface area contributed by atoms with Crippen molar-refractivity contribution < 1.29 is 4.79 Å². The number of rotatable bonds is 4. The first kappa shape index (κ1) is 12.3. The summed E-state index contributed by atoms with van der Waals surface area (Å²) in [5.41, 5.74) is 0.872. The van der Waals surface area contributed by atoms with E-state index in [4.69, 9.17) is 0 Å². The molecule has 1 fully saturated rings. The highest BCUT2D eigenvalue weighted by molar-refractivity contribution is 5.95. The highest BCUT2D eigenvalue weighted by Crippen LogP contribution is 2.31. The summed E-state index contributed by atoms with van der Waals surface area (Å²) in [6, 6.07) is 9.68. The van der Waals surface area contributed by atoms with Crippen molar-refractivity contribution in [1.29, 1.82) is 0 Å². The molecule has 2 atom stereocenters. The van der Waals surface area contributed by atoms with Crippen LogP contribution in [0.2, 0.25) is 0 Å². The monoisotopic (exact) mass is 230 g/mol. The summed E-state index contributed by atoms with van der Waals surface area (Å²) < 4.78 is 0. The van der Waals surface area contributed by atoms with Crippen molar-refractivity contribution in [2.24, 2.45) is 11.8 Å². The molecule has 0 bridgehead atoms. The number of hydrogen-bond acceptors (Lipinski definition) is 1. The molecule has 0 saturated heterocycles. The van der Waals surface area contributed by atoms with Gasteiger partial charge in [0.25, 0.3) is 0 Å². The van der Waals surface area contributed by atoms with Gasteiger partial charge in [-0.1, -0.05) is 56.5 Å². The van der Waals surface area contributed by atoms with Crippen molar-refractivity contribution in [3.8, 4) is 0 Å². The minimum Gasteiger partial charge on any atom is -0.294 e. The first-order valence-corrected chi connectivity index (χ1v) is 6.84. The van der Waals surface area contributed by atoms with Gasteiger partial charge in [0, 0.05) is 12.0 Å². The predicted molar refractivity (Wildman–Crippen MR) is 71.1 cm³/mol. The molecule has 2 unspecified atom stereocenters. The molecule has 1 aromatic carbocycles. The fraction of sp³-hybridized carbons (Fsp3) is 0.562. The lowest BCUT2D eigenvalue weighted by atomic mass is 9.80. The minimum atomic E-state index is 0.309. The Balaban J connectivity index is 1.80. The van der Waals surface area contributed by atoms with Crippen molar-refractivity contribution in [3.63, 3.8) is 0 Å². The number of Topliss-reactive ketones (excluding diaryl/α,β-unsaturated/α-hetero) is 1. The van der Waals surface area contributed by atoms with Gasteiger partial charge in [-0.15, -0.1) is 0 Å². The van der Waals surface area contributed by atoms with Gasteiger partial charge in [-0.2, -0.15) is 0 Å². The quantitative estimate of drug-likeness (QED) is 0.697. The molecule has 0 spiro atoms. The molecule has 0 aliphatic heterocycles. The van der Waals surface area contributed by atoms with Gasteiger partial charge in [-0.3, -0.25) is 4.79 Å². The zero-order valence-corrected chi connectivity index (χ0v) is 10.7. The number of carbonyl (C=O) groups is 1. The normalized spacial score (nSPS) is 24.5. The Bertz CT molecular complexity index is 355. The van der Waals surface area contributed by atoms with E-state index in [0.717, 1.165) is 30.2 Å². The summed E-state index contributed by atoms with van der Waals surface area (Å²) in [6.07, 6.45) is 7.18.